The zero-order valence-corrected chi connectivity index (χ0v) is 16.0. The van der Waals surface area contributed by atoms with Gasteiger partial charge in [0.1, 0.15) is 0 Å². The summed E-state index contributed by atoms with van der Waals surface area (Å²) in [7, 11) is 0. The fourth-order valence-corrected chi connectivity index (χ4v) is 3.10. The summed E-state index contributed by atoms with van der Waals surface area (Å²) in [5, 5.41) is 0. The number of aryl methyl sites for hydroxylation is 2. The van der Waals surface area contributed by atoms with Gasteiger partial charge in [-0.1, -0.05) is 0 Å². The summed E-state index contributed by atoms with van der Waals surface area (Å²) in [4.78, 5) is 43.2. The van der Waals surface area contributed by atoms with Crippen LogP contribution in [0.1, 0.15) is 73.3 Å². The second-order valence-electron chi connectivity index (χ2n) is 6.02. The first-order valence-corrected chi connectivity index (χ1v) is 8.51. The van der Waals surface area contributed by atoms with E-state index in [0.717, 1.165) is 0 Å². The van der Waals surface area contributed by atoms with Gasteiger partial charge >= 0.3 is 11.9 Å². The second kappa shape index (κ2) is 7.59. The van der Waals surface area contributed by atoms with E-state index in [9.17, 15) is 14.4 Å². The molecular formula is C19H24N2O5. The molecule has 26 heavy (non-hydrogen) atoms. The molecule has 2 rings (SSSR count). The maximum atomic E-state index is 13.0. The van der Waals surface area contributed by atoms with Gasteiger partial charge in [-0.3, -0.25) is 4.79 Å². The molecule has 0 aliphatic carbocycles. The number of esters is 2. The molecule has 7 nitrogen and oxygen atoms in total. The Kier molecular flexibility index (Phi) is 5.69. The number of aromatic amines is 2. The van der Waals surface area contributed by atoms with Crippen molar-refractivity contribution in [3.8, 4) is 0 Å². The Morgan fingerprint density at radius 1 is 0.731 bits per heavy atom. The van der Waals surface area contributed by atoms with Crippen LogP contribution in [0, 0.1) is 27.7 Å². The number of aromatic nitrogens is 2. The minimum atomic E-state index is -0.468. The quantitative estimate of drug-likeness (QED) is 0.609. The van der Waals surface area contributed by atoms with E-state index in [1.165, 1.54) is 0 Å². The fourth-order valence-electron chi connectivity index (χ4n) is 3.10. The molecule has 0 bridgehead atoms. The summed E-state index contributed by atoms with van der Waals surface area (Å²) in [6.07, 6.45) is 0. The van der Waals surface area contributed by atoms with Crippen LogP contribution in [0.2, 0.25) is 0 Å². The molecular weight excluding hydrogens is 336 g/mol. The van der Waals surface area contributed by atoms with E-state index in [4.69, 9.17) is 9.47 Å². The topological polar surface area (TPSA) is 101 Å². The second-order valence-corrected chi connectivity index (χ2v) is 6.02. The molecule has 0 unspecified atom stereocenters. The first-order chi connectivity index (χ1) is 12.2. The zero-order valence-electron chi connectivity index (χ0n) is 16.0. The van der Waals surface area contributed by atoms with Crippen LogP contribution in [0.25, 0.3) is 0 Å². The maximum absolute atomic E-state index is 13.0. The molecule has 0 amide bonds. The Balaban J connectivity index is 2.48. The van der Waals surface area contributed by atoms with Crippen LogP contribution in [0.5, 0.6) is 0 Å². The number of H-pyrrole nitrogens is 2. The number of hydrogen-bond acceptors (Lipinski definition) is 5. The van der Waals surface area contributed by atoms with Crippen LogP contribution >= 0.6 is 0 Å². The number of ketones is 1. The molecule has 2 aromatic heterocycles. The van der Waals surface area contributed by atoms with E-state index in [2.05, 4.69) is 9.97 Å². The Labute approximate surface area is 152 Å². The van der Waals surface area contributed by atoms with E-state index in [1.807, 2.05) is 0 Å². The molecule has 0 spiro atoms. The number of carbonyl (C=O) groups excluding carboxylic acids is 3. The van der Waals surface area contributed by atoms with Crippen molar-refractivity contribution in [2.75, 3.05) is 13.2 Å². The molecule has 0 saturated carbocycles. The monoisotopic (exact) mass is 360 g/mol. The Hall–Kier alpha value is -2.83. The molecule has 0 saturated heterocycles. The lowest BCUT2D eigenvalue weighted by molar-refractivity contribution is 0.0515. The van der Waals surface area contributed by atoms with Gasteiger partial charge in [-0.15, -0.1) is 0 Å². The summed E-state index contributed by atoms with van der Waals surface area (Å²) in [6, 6.07) is 0. The lowest BCUT2D eigenvalue weighted by atomic mass is 10.0. The van der Waals surface area contributed by atoms with Crippen molar-refractivity contribution in [3.05, 3.63) is 45.0 Å². The predicted octanol–water partition coefficient (Wildman–Crippen LogP) is 3.16. The van der Waals surface area contributed by atoms with Crippen molar-refractivity contribution >= 4 is 17.7 Å². The molecule has 0 aliphatic rings. The fraction of sp³-hybridized carbons (Fsp3) is 0.421. The maximum Gasteiger partial charge on any atom is 0.340 e. The van der Waals surface area contributed by atoms with Crippen LogP contribution in [-0.4, -0.2) is 40.9 Å². The number of carbonyl (C=O) groups is 3. The lowest BCUT2D eigenvalue weighted by Crippen LogP contribution is -2.10. The van der Waals surface area contributed by atoms with Gasteiger partial charge < -0.3 is 19.4 Å². The largest absolute Gasteiger partial charge is 0.462 e. The van der Waals surface area contributed by atoms with E-state index in [1.54, 1.807) is 41.5 Å². The van der Waals surface area contributed by atoms with Crippen LogP contribution in [0.3, 0.4) is 0 Å². The van der Waals surface area contributed by atoms with Crippen molar-refractivity contribution in [2.24, 2.45) is 0 Å². The third-order valence-corrected chi connectivity index (χ3v) is 4.29. The third kappa shape index (κ3) is 3.29. The molecule has 0 fully saturated rings. The highest BCUT2D eigenvalue weighted by Crippen LogP contribution is 2.25. The van der Waals surface area contributed by atoms with Gasteiger partial charge in [-0.2, -0.15) is 0 Å². The molecule has 7 heteroatoms. The lowest BCUT2D eigenvalue weighted by Gasteiger charge is -2.04. The molecule has 2 heterocycles. The van der Waals surface area contributed by atoms with Gasteiger partial charge in [0.25, 0.3) is 0 Å². The molecule has 2 aromatic rings. The van der Waals surface area contributed by atoms with E-state index < -0.39 is 11.9 Å². The van der Waals surface area contributed by atoms with E-state index in [0.29, 0.717) is 45.0 Å². The van der Waals surface area contributed by atoms with Gasteiger partial charge in [0.15, 0.2) is 0 Å². The van der Waals surface area contributed by atoms with Crippen molar-refractivity contribution in [2.45, 2.75) is 41.5 Å². The molecule has 0 aliphatic heterocycles. The highest BCUT2D eigenvalue weighted by Gasteiger charge is 2.28. The average Bonchev–Trinajstić information content (AvgIpc) is 3.03. The minimum Gasteiger partial charge on any atom is -0.462 e. The van der Waals surface area contributed by atoms with Gasteiger partial charge in [0.2, 0.25) is 5.78 Å². The molecule has 0 aromatic carbocycles. The molecule has 0 radical (unpaired) electrons. The third-order valence-electron chi connectivity index (χ3n) is 4.29. The number of hydrogen-bond donors (Lipinski definition) is 2. The van der Waals surface area contributed by atoms with Gasteiger partial charge in [0, 0.05) is 11.4 Å². The Morgan fingerprint density at radius 3 is 1.38 bits per heavy atom. The minimum absolute atomic E-state index is 0.254. The Morgan fingerprint density at radius 2 is 1.08 bits per heavy atom. The van der Waals surface area contributed by atoms with Crippen LogP contribution in [0.15, 0.2) is 0 Å². The first-order valence-electron chi connectivity index (χ1n) is 8.51. The standard InChI is InChI=1S/C19H24N2O5/c1-7-25-18(23)13-9(3)15(20-11(13)5)17(22)16-10(4)14(12(6)21-16)19(24)26-8-2/h20-21H,7-8H2,1-6H3. The zero-order chi connectivity index (χ0) is 19.6. The highest BCUT2D eigenvalue weighted by molar-refractivity contribution is 6.12. The van der Waals surface area contributed by atoms with Crippen molar-refractivity contribution < 1.29 is 23.9 Å². The average molecular weight is 360 g/mol. The predicted molar refractivity (Wildman–Crippen MR) is 95.9 cm³/mol. The van der Waals surface area contributed by atoms with Crippen LogP contribution < -0.4 is 0 Å². The number of rotatable bonds is 6. The SMILES string of the molecule is CCOC(=O)c1c(C)[nH]c(C(=O)c2[nH]c(C)c(C(=O)OCC)c2C)c1C. The summed E-state index contributed by atoms with van der Waals surface area (Å²) < 4.78 is 10.1. The van der Waals surface area contributed by atoms with Crippen LogP contribution in [-0.2, 0) is 9.47 Å². The van der Waals surface area contributed by atoms with Crippen molar-refractivity contribution in [1.82, 2.24) is 9.97 Å². The van der Waals surface area contributed by atoms with Gasteiger partial charge in [-0.25, -0.2) is 9.59 Å². The normalized spacial score (nSPS) is 10.7. The summed E-state index contributed by atoms with van der Waals surface area (Å²) in [6.45, 7) is 10.8. The number of nitrogens with one attached hydrogen (secondary N) is 2. The van der Waals surface area contributed by atoms with E-state index >= 15 is 0 Å². The Bertz CT molecular complexity index is 803. The number of ether oxygens (including phenoxy) is 2. The van der Waals surface area contributed by atoms with Crippen molar-refractivity contribution in [3.63, 3.8) is 0 Å². The summed E-state index contributed by atoms with van der Waals surface area (Å²) in [5.74, 6) is -1.26. The summed E-state index contributed by atoms with van der Waals surface area (Å²) >= 11 is 0. The van der Waals surface area contributed by atoms with E-state index in [-0.39, 0.29) is 19.0 Å². The summed E-state index contributed by atoms with van der Waals surface area (Å²) in [5.41, 5.74) is 3.50. The highest BCUT2D eigenvalue weighted by atomic mass is 16.5. The van der Waals surface area contributed by atoms with Crippen molar-refractivity contribution in [1.29, 1.82) is 0 Å². The first kappa shape index (κ1) is 19.5. The van der Waals surface area contributed by atoms with Gasteiger partial charge in [0.05, 0.1) is 35.7 Å². The smallest absolute Gasteiger partial charge is 0.340 e. The van der Waals surface area contributed by atoms with Gasteiger partial charge in [-0.05, 0) is 52.7 Å². The molecule has 140 valence electrons. The van der Waals surface area contributed by atoms with Crippen LogP contribution in [0.4, 0.5) is 0 Å². The molecule has 0 atom stereocenters. The molecule has 2 N–H and O–H groups in total.